The fourth-order valence-electron chi connectivity index (χ4n) is 1.69. The van der Waals surface area contributed by atoms with Crippen molar-refractivity contribution in [2.75, 3.05) is 5.32 Å². The molecule has 0 saturated carbocycles. The van der Waals surface area contributed by atoms with Gasteiger partial charge in [-0.05, 0) is 40.5 Å². The quantitative estimate of drug-likeness (QED) is 0.826. The number of rotatable bonds is 4. The third kappa shape index (κ3) is 3.69. The van der Waals surface area contributed by atoms with Gasteiger partial charge in [-0.25, -0.2) is 9.97 Å². The number of aromatic nitrogens is 2. The lowest BCUT2D eigenvalue weighted by Crippen LogP contribution is -2.01. The molecule has 1 heterocycles. The summed E-state index contributed by atoms with van der Waals surface area (Å²) in [7, 11) is 0. The van der Waals surface area contributed by atoms with Crippen LogP contribution in [0, 0.1) is 11.3 Å². The van der Waals surface area contributed by atoms with E-state index in [-0.39, 0.29) is 0 Å². The van der Waals surface area contributed by atoms with Crippen LogP contribution in [0.3, 0.4) is 0 Å². The van der Waals surface area contributed by atoms with Gasteiger partial charge < -0.3 is 5.32 Å². The van der Waals surface area contributed by atoms with Gasteiger partial charge in [0, 0.05) is 17.0 Å². The maximum absolute atomic E-state index is 8.85. The molecule has 0 atom stereocenters. The number of hydrogen-bond donors (Lipinski definition) is 1. The van der Waals surface area contributed by atoms with Gasteiger partial charge in [-0.1, -0.05) is 18.5 Å². The highest BCUT2D eigenvalue weighted by atomic mass is 79.9. The van der Waals surface area contributed by atoms with Gasteiger partial charge in [0.1, 0.15) is 16.8 Å². The molecule has 2 rings (SSSR count). The zero-order valence-electron chi connectivity index (χ0n) is 10.8. The Balaban J connectivity index is 2.28. The summed E-state index contributed by atoms with van der Waals surface area (Å²) in [6, 6.07) is 9.07. The molecule has 0 saturated heterocycles. The van der Waals surface area contributed by atoms with E-state index < -0.39 is 0 Å². The second-order valence-electron chi connectivity index (χ2n) is 4.17. The molecule has 0 aliphatic carbocycles. The van der Waals surface area contributed by atoms with E-state index in [4.69, 9.17) is 16.9 Å². The van der Waals surface area contributed by atoms with Gasteiger partial charge >= 0.3 is 0 Å². The minimum Gasteiger partial charge on any atom is -0.339 e. The van der Waals surface area contributed by atoms with Gasteiger partial charge in [0.25, 0.3) is 0 Å². The summed E-state index contributed by atoms with van der Waals surface area (Å²) in [5.74, 6) is 1.35. The SMILES string of the molecule is CCCc1nc(Cl)cc(Nc2ccc(C#N)cc2Br)n1. The number of aryl methyl sites for hydroxylation is 1. The first-order chi connectivity index (χ1) is 9.62. The lowest BCUT2D eigenvalue weighted by molar-refractivity contribution is 0.837. The normalized spacial score (nSPS) is 10.1. The van der Waals surface area contributed by atoms with Crippen molar-refractivity contribution in [1.82, 2.24) is 9.97 Å². The first kappa shape index (κ1) is 14.8. The summed E-state index contributed by atoms with van der Waals surface area (Å²) in [5.41, 5.74) is 1.41. The van der Waals surface area contributed by atoms with Crippen molar-refractivity contribution in [3.63, 3.8) is 0 Å². The summed E-state index contributed by atoms with van der Waals surface area (Å²) < 4.78 is 0.795. The van der Waals surface area contributed by atoms with E-state index in [1.807, 2.05) is 6.07 Å². The largest absolute Gasteiger partial charge is 0.339 e. The van der Waals surface area contributed by atoms with Crippen molar-refractivity contribution in [2.45, 2.75) is 19.8 Å². The van der Waals surface area contributed by atoms with Gasteiger partial charge in [0.2, 0.25) is 0 Å². The Morgan fingerprint density at radius 1 is 1.35 bits per heavy atom. The van der Waals surface area contributed by atoms with Crippen LogP contribution in [0.4, 0.5) is 11.5 Å². The zero-order chi connectivity index (χ0) is 14.5. The Hall–Kier alpha value is -1.64. The van der Waals surface area contributed by atoms with E-state index in [1.165, 1.54) is 0 Å². The first-order valence-electron chi connectivity index (χ1n) is 6.12. The molecule has 0 fully saturated rings. The zero-order valence-corrected chi connectivity index (χ0v) is 13.2. The fraction of sp³-hybridized carbons (Fsp3) is 0.214. The molecule has 0 aliphatic heterocycles. The van der Waals surface area contributed by atoms with Crippen LogP contribution < -0.4 is 5.32 Å². The molecule has 20 heavy (non-hydrogen) atoms. The van der Waals surface area contributed by atoms with Crippen LogP contribution in [-0.2, 0) is 6.42 Å². The van der Waals surface area contributed by atoms with Crippen molar-refractivity contribution in [3.8, 4) is 6.07 Å². The molecule has 0 aliphatic rings. The van der Waals surface area contributed by atoms with Crippen LogP contribution in [0.2, 0.25) is 5.15 Å². The monoisotopic (exact) mass is 350 g/mol. The molecule has 0 spiro atoms. The number of hydrogen-bond acceptors (Lipinski definition) is 4. The smallest absolute Gasteiger partial charge is 0.135 e. The van der Waals surface area contributed by atoms with E-state index in [0.717, 1.165) is 23.0 Å². The third-order valence-corrected chi connectivity index (χ3v) is 3.43. The van der Waals surface area contributed by atoms with E-state index in [2.05, 4.69) is 44.2 Å². The second-order valence-corrected chi connectivity index (χ2v) is 5.42. The molecule has 0 amide bonds. The lowest BCUT2D eigenvalue weighted by atomic mass is 10.2. The average Bonchev–Trinajstić information content (AvgIpc) is 2.41. The third-order valence-electron chi connectivity index (χ3n) is 2.58. The maximum atomic E-state index is 8.85. The number of anilines is 2. The van der Waals surface area contributed by atoms with Crippen LogP contribution >= 0.6 is 27.5 Å². The van der Waals surface area contributed by atoms with Crippen molar-refractivity contribution in [1.29, 1.82) is 5.26 Å². The highest BCUT2D eigenvalue weighted by Crippen LogP contribution is 2.26. The van der Waals surface area contributed by atoms with Gasteiger partial charge in [0.05, 0.1) is 17.3 Å². The summed E-state index contributed by atoms with van der Waals surface area (Å²) in [5, 5.41) is 12.4. The van der Waals surface area contributed by atoms with E-state index in [1.54, 1.807) is 18.2 Å². The minimum atomic E-state index is 0.413. The molecular weight excluding hydrogens is 340 g/mol. The molecule has 0 bridgehead atoms. The summed E-state index contributed by atoms with van der Waals surface area (Å²) in [4.78, 5) is 8.58. The summed E-state index contributed by atoms with van der Waals surface area (Å²) in [6.07, 6.45) is 1.74. The molecule has 0 unspecified atom stereocenters. The van der Waals surface area contributed by atoms with E-state index in [9.17, 15) is 0 Å². The molecule has 1 N–H and O–H groups in total. The standard InChI is InChI=1S/C14H12BrClN4/c1-2-3-13-19-12(16)7-14(20-13)18-11-5-4-9(8-17)6-10(11)15/h4-7H,2-3H2,1H3,(H,18,19,20). The van der Waals surface area contributed by atoms with Crippen LogP contribution in [0.15, 0.2) is 28.7 Å². The fourth-order valence-corrected chi connectivity index (χ4v) is 2.37. The Bertz CT molecular complexity index is 667. The highest BCUT2D eigenvalue weighted by molar-refractivity contribution is 9.10. The number of nitrogens with zero attached hydrogens (tertiary/aromatic N) is 3. The Morgan fingerprint density at radius 3 is 2.80 bits per heavy atom. The topological polar surface area (TPSA) is 61.6 Å². The van der Waals surface area contributed by atoms with Crippen LogP contribution in [-0.4, -0.2) is 9.97 Å². The van der Waals surface area contributed by atoms with Crippen LogP contribution in [0.25, 0.3) is 0 Å². The van der Waals surface area contributed by atoms with Gasteiger partial charge in [-0.3, -0.25) is 0 Å². The summed E-state index contributed by atoms with van der Waals surface area (Å²) >= 11 is 9.42. The molecule has 0 radical (unpaired) electrons. The molecule has 1 aromatic heterocycles. The maximum Gasteiger partial charge on any atom is 0.135 e. The molecule has 4 nitrogen and oxygen atoms in total. The molecule has 1 aromatic carbocycles. The molecule has 6 heteroatoms. The van der Waals surface area contributed by atoms with Crippen molar-refractivity contribution < 1.29 is 0 Å². The Morgan fingerprint density at radius 2 is 2.15 bits per heavy atom. The lowest BCUT2D eigenvalue weighted by Gasteiger charge is -2.09. The number of nitriles is 1. The Kier molecular flexibility index (Phi) is 4.94. The van der Waals surface area contributed by atoms with Crippen molar-refractivity contribution >= 4 is 39.0 Å². The Labute approximate surface area is 131 Å². The van der Waals surface area contributed by atoms with Gasteiger partial charge in [0.15, 0.2) is 0 Å². The second kappa shape index (κ2) is 6.69. The number of benzene rings is 1. The molecule has 102 valence electrons. The van der Waals surface area contributed by atoms with Crippen LogP contribution in [0.5, 0.6) is 0 Å². The molecule has 2 aromatic rings. The van der Waals surface area contributed by atoms with Crippen molar-refractivity contribution in [2.24, 2.45) is 0 Å². The predicted octanol–water partition coefficient (Wildman–Crippen LogP) is 4.46. The number of halogens is 2. The highest BCUT2D eigenvalue weighted by Gasteiger charge is 2.06. The molecular formula is C14H12BrClN4. The summed E-state index contributed by atoms with van der Waals surface area (Å²) in [6.45, 7) is 2.06. The van der Waals surface area contributed by atoms with Gasteiger partial charge in [-0.2, -0.15) is 5.26 Å². The van der Waals surface area contributed by atoms with Crippen molar-refractivity contribution in [3.05, 3.63) is 45.3 Å². The van der Waals surface area contributed by atoms with E-state index in [0.29, 0.717) is 22.4 Å². The van der Waals surface area contributed by atoms with Crippen LogP contribution in [0.1, 0.15) is 24.7 Å². The average molecular weight is 352 g/mol. The minimum absolute atomic E-state index is 0.413. The predicted molar refractivity (Wildman–Crippen MR) is 83.2 cm³/mol. The first-order valence-corrected chi connectivity index (χ1v) is 7.29. The van der Waals surface area contributed by atoms with Gasteiger partial charge in [-0.15, -0.1) is 0 Å². The number of nitrogens with one attached hydrogen (secondary N) is 1. The van der Waals surface area contributed by atoms with E-state index >= 15 is 0 Å².